The van der Waals surface area contributed by atoms with Gasteiger partial charge < -0.3 is 10.1 Å². The van der Waals surface area contributed by atoms with Gasteiger partial charge in [0.2, 0.25) is 5.91 Å². The zero-order valence-corrected chi connectivity index (χ0v) is 13.4. The molecule has 1 aliphatic heterocycles. The van der Waals surface area contributed by atoms with E-state index in [1.807, 2.05) is 0 Å². The Kier molecular flexibility index (Phi) is 5.11. The van der Waals surface area contributed by atoms with Crippen molar-refractivity contribution < 1.29 is 9.53 Å². The lowest BCUT2D eigenvalue weighted by Gasteiger charge is -2.33. The molecule has 1 heterocycles. The molecular weight excluding hydrogens is 276 g/mol. The van der Waals surface area contributed by atoms with Crippen LogP contribution in [-0.4, -0.2) is 43.7 Å². The summed E-state index contributed by atoms with van der Waals surface area (Å²) in [5.41, 5.74) is 2.45. The molecule has 1 aliphatic carbocycles. The second-order valence-corrected chi connectivity index (χ2v) is 6.51. The van der Waals surface area contributed by atoms with E-state index in [2.05, 4.69) is 41.4 Å². The normalized spacial score (nSPS) is 21.1. The molecule has 0 radical (unpaired) electrons. The largest absolute Gasteiger partial charge is 0.379 e. The topological polar surface area (TPSA) is 41.6 Å². The van der Waals surface area contributed by atoms with E-state index < -0.39 is 0 Å². The van der Waals surface area contributed by atoms with Crippen molar-refractivity contribution in [2.45, 2.75) is 32.2 Å². The van der Waals surface area contributed by atoms with Crippen LogP contribution in [-0.2, 0) is 9.53 Å². The lowest BCUT2D eigenvalue weighted by atomic mass is 9.84. The summed E-state index contributed by atoms with van der Waals surface area (Å²) in [4.78, 5) is 14.7. The standard InChI is InChI=1S/C18H26N2O2/c1-14-5-7-15(8-6-14)17(13-20-9-11-22-12-10-20)19-18(21)16-3-2-4-16/h5-8,16-17H,2-4,9-13H2,1H3,(H,19,21). The molecule has 1 atom stereocenters. The zero-order valence-electron chi connectivity index (χ0n) is 13.4. The highest BCUT2D eigenvalue weighted by atomic mass is 16.5. The molecule has 0 bridgehead atoms. The summed E-state index contributed by atoms with van der Waals surface area (Å²) >= 11 is 0. The number of morpholine rings is 1. The average Bonchev–Trinajstić information content (AvgIpc) is 2.46. The second kappa shape index (κ2) is 7.25. The third-order valence-electron chi connectivity index (χ3n) is 4.82. The molecule has 4 nitrogen and oxygen atoms in total. The smallest absolute Gasteiger partial charge is 0.223 e. The number of ether oxygens (including phenoxy) is 1. The van der Waals surface area contributed by atoms with Crippen molar-refractivity contribution in [3.05, 3.63) is 35.4 Å². The van der Waals surface area contributed by atoms with Crippen molar-refractivity contribution in [2.75, 3.05) is 32.8 Å². The Bertz CT molecular complexity index is 490. The van der Waals surface area contributed by atoms with Crippen LogP contribution in [0, 0.1) is 12.8 Å². The average molecular weight is 302 g/mol. The number of hydrogen-bond acceptors (Lipinski definition) is 3. The maximum Gasteiger partial charge on any atom is 0.223 e. The minimum Gasteiger partial charge on any atom is -0.379 e. The Balaban J connectivity index is 1.68. The van der Waals surface area contributed by atoms with Crippen molar-refractivity contribution in [2.24, 2.45) is 5.92 Å². The van der Waals surface area contributed by atoms with Gasteiger partial charge in [-0.25, -0.2) is 0 Å². The van der Waals surface area contributed by atoms with Crippen molar-refractivity contribution >= 4 is 5.91 Å². The van der Waals surface area contributed by atoms with Gasteiger partial charge in [0.1, 0.15) is 0 Å². The van der Waals surface area contributed by atoms with Gasteiger partial charge in [-0.3, -0.25) is 9.69 Å². The number of nitrogens with zero attached hydrogens (tertiary/aromatic N) is 1. The molecule has 1 saturated heterocycles. The summed E-state index contributed by atoms with van der Waals surface area (Å²) in [6, 6.07) is 8.60. The highest BCUT2D eigenvalue weighted by Crippen LogP contribution is 2.27. The van der Waals surface area contributed by atoms with Crippen LogP contribution >= 0.6 is 0 Å². The van der Waals surface area contributed by atoms with Gasteiger partial charge in [-0.15, -0.1) is 0 Å². The van der Waals surface area contributed by atoms with Crippen LogP contribution in [0.25, 0.3) is 0 Å². The molecular formula is C18H26N2O2. The summed E-state index contributed by atoms with van der Waals surface area (Å²) in [5.74, 6) is 0.461. The fourth-order valence-electron chi connectivity index (χ4n) is 3.04. The Morgan fingerprint density at radius 3 is 2.55 bits per heavy atom. The molecule has 0 aromatic heterocycles. The van der Waals surface area contributed by atoms with E-state index in [1.165, 1.54) is 17.5 Å². The molecule has 1 aromatic carbocycles. The molecule has 2 fully saturated rings. The third kappa shape index (κ3) is 3.87. The van der Waals surface area contributed by atoms with Gasteiger partial charge in [0.25, 0.3) is 0 Å². The minimum atomic E-state index is 0.0757. The highest BCUT2D eigenvalue weighted by molar-refractivity contribution is 5.79. The first-order chi connectivity index (χ1) is 10.7. The molecule has 4 heteroatoms. The van der Waals surface area contributed by atoms with Crippen LogP contribution in [0.4, 0.5) is 0 Å². The van der Waals surface area contributed by atoms with Crippen LogP contribution in [0.2, 0.25) is 0 Å². The number of amides is 1. The fourth-order valence-corrected chi connectivity index (χ4v) is 3.04. The lowest BCUT2D eigenvalue weighted by Crippen LogP contribution is -2.45. The van der Waals surface area contributed by atoms with Crippen LogP contribution in [0.5, 0.6) is 0 Å². The molecule has 3 rings (SSSR count). The van der Waals surface area contributed by atoms with Gasteiger partial charge in [0.05, 0.1) is 19.3 Å². The molecule has 0 spiro atoms. The Labute approximate surface area is 132 Å². The Morgan fingerprint density at radius 1 is 1.27 bits per heavy atom. The number of carbonyl (C=O) groups is 1. The first-order valence-corrected chi connectivity index (χ1v) is 8.39. The molecule has 1 N–H and O–H groups in total. The van der Waals surface area contributed by atoms with Crippen molar-refractivity contribution in [1.29, 1.82) is 0 Å². The number of aryl methyl sites for hydroxylation is 1. The van der Waals surface area contributed by atoms with Gasteiger partial charge in [-0.2, -0.15) is 0 Å². The van der Waals surface area contributed by atoms with Crippen LogP contribution in [0.15, 0.2) is 24.3 Å². The number of hydrogen-bond donors (Lipinski definition) is 1. The van der Waals surface area contributed by atoms with Crippen molar-refractivity contribution in [3.63, 3.8) is 0 Å². The van der Waals surface area contributed by atoms with Gasteiger partial charge >= 0.3 is 0 Å². The molecule has 2 aliphatic rings. The molecule has 1 unspecified atom stereocenters. The predicted molar refractivity (Wildman–Crippen MR) is 86.7 cm³/mol. The van der Waals surface area contributed by atoms with Gasteiger partial charge in [-0.05, 0) is 25.3 Å². The van der Waals surface area contributed by atoms with E-state index in [4.69, 9.17) is 4.74 Å². The number of carbonyl (C=O) groups excluding carboxylic acids is 1. The van der Waals surface area contributed by atoms with Crippen LogP contribution in [0.1, 0.15) is 36.4 Å². The number of rotatable bonds is 5. The number of benzene rings is 1. The molecule has 1 aromatic rings. The summed E-state index contributed by atoms with van der Waals surface area (Å²) < 4.78 is 5.42. The van der Waals surface area contributed by atoms with Gasteiger partial charge in [0.15, 0.2) is 0 Å². The highest BCUT2D eigenvalue weighted by Gasteiger charge is 2.28. The summed E-state index contributed by atoms with van der Waals surface area (Å²) in [6.45, 7) is 6.43. The quantitative estimate of drug-likeness (QED) is 0.907. The van der Waals surface area contributed by atoms with E-state index in [0.717, 1.165) is 45.7 Å². The maximum atomic E-state index is 12.4. The van der Waals surface area contributed by atoms with E-state index in [0.29, 0.717) is 0 Å². The van der Waals surface area contributed by atoms with Crippen LogP contribution < -0.4 is 5.32 Å². The number of nitrogens with one attached hydrogen (secondary N) is 1. The summed E-state index contributed by atoms with van der Waals surface area (Å²) in [7, 11) is 0. The fraction of sp³-hybridized carbons (Fsp3) is 0.611. The van der Waals surface area contributed by atoms with Crippen molar-refractivity contribution in [3.8, 4) is 0 Å². The van der Waals surface area contributed by atoms with E-state index in [1.54, 1.807) is 0 Å². The molecule has 1 saturated carbocycles. The molecule has 120 valence electrons. The Morgan fingerprint density at radius 2 is 1.95 bits per heavy atom. The van der Waals surface area contributed by atoms with E-state index in [-0.39, 0.29) is 17.9 Å². The first-order valence-electron chi connectivity index (χ1n) is 8.39. The van der Waals surface area contributed by atoms with E-state index >= 15 is 0 Å². The van der Waals surface area contributed by atoms with Gasteiger partial charge in [0, 0.05) is 25.6 Å². The second-order valence-electron chi connectivity index (χ2n) is 6.51. The van der Waals surface area contributed by atoms with Gasteiger partial charge in [-0.1, -0.05) is 36.2 Å². The monoisotopic (exact) mass is 302 g/mol. The summed E-state index contributed by atoms with van der Waals surface area (Å²) in [5, 5.41) is 3.28. The minimum absolute atomic E-state index is 0.0757. The first kappa shape index (κ1) is 15.5. The Hall–Kier alpha value is -1.39. The molecule has 22 heavy (non-hydrogen) atoms. The summed E-state index contributed by atoms with van der Waals surface area (Å²) in [6.07, 6.45) is 3.28. The molecule has 1 amide bonds. The lowest BCUT2D eigenvalue weighted by molar-refractivity contribution is -0.128. The zero-order chi connectivity index (χ0) is 15.4. The maximum absolute atomic E-state index is 12.4. The SMILES string of the molecule is Cc1ccc(C(CN2CCOCC2)NC(=O)C2CCC2)cc1. The van der Waals surface area contributed by atoms with Crippen molar-refractivity contribution in [1.82, 2.24) is 10.2 Å². The van der Waals surface area contributed by atoms with E-state index in [9.17, 15) is 4.79 Å². The van der Waals surface area contributed by atoms with Crippen LogP contribution in [0.3, 0.4) is 0 Å². The predicted octanol–water partition coefficient (Wildman–Crippen LogP) is 2.28. The third-order valence-corrected chi connectivity index (χ3v) is 4.82.